The summed E-state index contributed by atoms with van der Waals surface area (Å²) in [5.74, 6) is -1.02. The quantitative estimate of drug-likeness (QED) is 0.278. The lowest BCUT2D eigenvalue weighted by atomic mass is 10.1. The fourth-order valence-corrected chi connectivity index (χ4v) is 1.99. The summed E-state index contributed by atoms with van der Waals surface area (Å²) >= 11 is 0. The summed E-state index contributed by atoms with van der Waals surface area (Å²) in [5, 5.41) is 8.48. The Labute approximate surface area is 127 Å². The van der Waals surface area contributed by atoms with E-state index in [0.29, 0.717) is 13.0 Å². The minimum atomic E-state index is -0.729. The van der Waals surface area contributed by atoms with E-state index in [4.69, 9.17) is 9.99 Å². The third-order valence-corrected chi connectivity index (χ3v) is 3.25. The largest absolute Gasteiger partial charge is 0.481 e. The van der Waals surface area contributed by atoms with E-state index in [-0.39, 0.29) is 12.4 Å². The number of carbonyl (C=O) groups is 2. The SMILES string of the molecule is CCCCCCOOC(=O)CCCCCCCCC(=O)O. The summed E-state index contributed by atoms with van der Waals surface area (Å²) in [6, 6.07) is 0. The maximum absolute atomic E-state index is 11.3. The van der Waals surface area contributed by atoms with Gasteiger partial charge in [0.15, 0.2) is 0 Å². The maximum Gasteiger partial charge on any atom is 0.342 e. The molecule has 124 valence electrons. The highest BCUT2D eigenvalue weighted by Gasteiger charge is 2.04. The van der Waals surface area contributed by atoms with Crippen molar-refractivity contribution in [2.24, 2.45) is 0 Å². The second-order valence-electron chi connectivity index (χ2n) is 5.35. The van der Waals surface area contributed by atoms with Gasteiger partial charge in [-0.3, -0.25) is 9.68 Å². The lowest BCUT2D eigenvalue weighted by molar-refractivity contribution is -0.272. The Hall–Kier alpha value is -1.10. The van der Waals surface area contributed by atoms with Gasteiger partial charge in [0, 0.05) is 12.8 Å². The number of carboxylic acid groups (broad SMARTS) is 1. The van der Waals surface area contributed by atoms with Crippen molar-refractivity contribution in [2.75, 3.05) is 6.61 Å². The molecule has 21 heavy (non-hydrogen) atoms. The molecular weight excluding hydrogens is 272 g/mol. The number of hydrogen-bond donors (Lipinski definition) is 1. The number of carbonyl (C=O) groups excluding carboxylic acids is 1. The fraction of sp³-hybridized carbons (Fsp3) is 0.875. The molecule has 0 bridgehead atoms. The van der Waals surface area contributed by atoms with Crippen molar-refractivity contribution < 1.29 is 24.5 Å². The van der Waals surface area contributed by atoms with Crippen LogP contribution in [0.2, 0.25) is 0 Å². The molecule has 0 spiro atoms. The Morgan fingerprint density at radius 1 is 0.810 bits per heavy atom. The first kappa shape index (κ1) is 19.9. The first-order valence-electron chi connectivity index (χ1n) is 8.21. The van der Waals surface area contributed by atoms with E-state index < -0.39 is 5.97 Å². The van der Waals surface area contributed by atoms with Gasteiger partial charge in [-0.05, 0) is 19.3 Å². The van der Waals surface area contributed by atoms with Crippen LogP contribution in [0, 0.1) is 0 Å². The molecule has 0 radical (unpaired) electrons. The number of aliphatic carboxylic acids is 1. The van der Waals surface area contributed by atoms with Crippen molar-refractivity contribution in [3.05, 3.63) is 0 Å². The van der Waals surface area contributed by atoms with Gasteiger partial charge in [-0.15, -0.1) is 0 Å². The highest BCUT2D eigenvalue weighted by molar-refractivity contribution is 5.68. The zero-order valence-corrected chi connectivity index (χ0v) is 13.3. The highest BCUT2D eigenvalue weighted by Crippen LogP contribution is 2.09. The molecule has 0 aromatic heterocycles. The summed E-state index contributed by atoms with van der Waals surface area (Å²) < 4.78 is 0. The van der Waals surface area contributed by atoms with Crippen molar-refractivity contribution in [1.82, 2.24) is 0 Å². The molecule has 0 aliphatic rings. The molecule has 0 saturated heterocycles. The van der Waals surface area contributed by atoms with Gasteiger partial charge in [-0.1, -0.05) is 51.9 Å². The van der Waals surface area contributed by atoms with Gasteiger partial charge in [-0.2, -0.15) is 4.89 Å². The molecule has 1 N–H and O–H groups in total. The summed E-state index contributed by atoms with van der Waals surface area (Å²) in [4.78, 5) is 31.2. The first-order valence-corrected chi connectivity index (χ1v) is 8.21. The van der Waals surface area contributed by atoms with Gasteiger partial charge in [0.25, 0.3) is 0 Å². The molecule has 0 aromatic rings. The summed E-state index contributed by atoms with van der Waals surface area (Å²) in [5.41, 5.74) is 0. The molecule has 0 unspecified atom stereocenters. The van der Waals surface area contributed by atoms with Crippen LogP contribution in [-0.4, -0.2) is 23.7 Å². The molecule has 5 heteroatoms. The van der Waals surface area contributed by atoms with Gasteiger partial charge in [-0.25, -0.2) is 4.79 Å². The van der Waals surface area contributed by atoms with Gasteiger partial charge in [0.05, 0.1) is 6.61 Å². The standard InChI is InChI=1S/C16H30O5/c1-2-3-4-11-14-20-21-16(19)13-10-8-6-5-7-9-12-15(17)18/h2-14H2,1H3,(H,17,18). The molecule has 0 amide bonds. The van der Waals surface area contributed by atoms with E-state index in [0.717, 1.165) is 51.4 Å². The lowest BCUT2D eigenvalue weighted by Crippen LogP contribution is -2.06. The van der Waals surface area contributed by atoms with E-state index in [1.807, 2.05) is 0 Å². The molecule has 0 saturated carbocycles. The number of hydrogen-bond acceptors (Lipinski definition) is 4. The van der Waals surface area contributed by atoms with Crippen molar-refractivity contribution in [3.8, 4) is 0 Å². The van der Waals surface area contributed by atoms with E-state index in [1.54, 1.807) is 0 Å². The van der Waals surface area contributed by atoms with Crippen LogP contribution in [0.4, 0.5) is 0 Å². The third-order valence-electron chi connectivity index (χ3n) is 3.25. The average molecular weight is 302 g/mol. The van der Waals surface area contributed by atoms with Crippen molar-refractivity contribution in [2.45, 2.75) is 84.0 Å². The lowest BCUT2D eigenvalue weighted by Gasteiger charge is -2.04. The summed E-state index contributed by atoms with van der Waals surface area (Å²) in [6.45, 7) is 2.63. The molecular formula is C16H30O5. The minimum Gasteiger partial charge on any atom is -0.481 e. The Kier molecular flexibility index (Phi) is 14.5. The molecule has 5 nitrogen and oxygen atoms in total. The van der Waals surface area contributed by atoms with Gasteiger partial charge in [0.2, 0.25) is 0 Å². The molecule has 0 aromatic carbocycles. The highest BCUT2D eigenvalue weighted by atomic mass is 17.2. The van der Waals surface area contributed by atoms with Crippen molar-refractivity contribution in [3.63, 3.8) is 0 Å². The molecule has 0 aliphatic heterocycles. The molecule has 0 rings (SSSR count). The topological polar surface area (TPSA) is 72.8 Å². The molecule has 0 atom stereocenters. The van der Waals surface area contributed by atoms with Crippen molar-refractivity contribution in [1.29, 1.82) is 0 Å². The summed E-state index contributed by atoms with van der Waals surface area (Å²) in [6.07, 6.45) is 10.6. The van der Waals surface area contributed by atoms with Crippen LogP contribution in [0.3, 0.4) is 0 Å². The number of carboxylic acids is 1. The third kappa shape index (κ3) is 16.8. The molecule has 0 aliphatic carbocycles. The van der Waals surface area contributed by atoms with E-state index in [9.17, 15) is 9.59 Å². The van der Waals surface area contributed by atoms with Gasteiger partial charge < -0.3 is 5.11 Å². The van der Waals surface area contributed by atoms with E-state index >= 15 is 0 Å². The number of rotatable bonds is 15. The Morgan fingerprint density at radius 3 is 2.00 bits per heavy atom. The Bertz CT molecular complexity index is 265. The minimum absolute atomic E-state index is 0.252. The molecule has 0 heterocycles. The van der Waals surface area contributed by atoms with Crippen LogP contribution in [0.15, 0.2) is 0 Å². The first-order chi connectivity index (χ1) is 10.2. The van der Waals surface area contributed by atoms with Gasteiger partial charge in [0.1, 0.15) is 0 Å². The Morgan fingerprint density at radius 2 is 1.38 bits per heavy atom. The van der Waals surface area contributed by atoms with Crippen LogP contribution in [-0.2, 0) is 19.4 Å². The predicted octanol–water partition coefficient (Wildman–Crippen LogP) is 4.25. The summed E-state index contributed by atoms with van der Waals surface area (Å²) in [7, 11) is 0. The zero-order valence-electron chi connectivity index (χ0n) is 13.3. The monoisotopic (exact) mass is 302 g/mol. The number of unbranched alkanes of at least 4 members (excludes halogenated alkanes) is 8. The smallest absolute Gasteiger partial charge is 0.342 e. The zero-order chi connectivity index (χ0) is 15.8. The second-order valence-corrected chi connectivity index (χ2v) is 5.35. The van der Waals surface area contributed by atoms with E-state index in [1.165, 1.54) is 12.8 Å². The van der Waals surface area contributed by atoms with Crippen LogP contribution >= 0.6 is 0 Å². The van der Waals surface area contributed by atoms with Crippen LogP contribution in [0.25, 0.3) is 0 Å². The van der Waals surface area contributed by atoms with Gasteiger partial charge >= 0.3 is 11.9 Å². The van der Waals surface area contributed by atoms with Crippen molar-refractivity contribution >= 4 is 11.9 Å². The average Bonchev–Trinajstić information content (AvgIpc) is 2.45. The van der Waals surface area contributed by atoms with Crippen LogP contribution in [0.5, 0.6) is 0 Å². The predicted molar refractivity (Wildman–Crippen MR) is 80.8 cm³/mol. The second kappa shape index (κ2) is 15.3. The maximum atomic E-state index is 11.3. The molecule has 0 fully saturated rings. The Balaban J connectivity index is 3.17. The fourth-order valence-electron chi connectivity index (χ4n) is 1.99. The normalized spacial score (nSPS) is 10.5. The van der Waals surface area contributed by atoms with E-state index in [2.05, 4.69) is 11.8 Å². The van der Waals surface area contributed by atoms with Crippen LogP contribution < -0.4 is 0 Å². The van der Waals surface area contributed by atoms with Crippen LogP contribution in [0.1, 0.15) is 84.0 Å².